The molecule has 1 aromatic carbocycles. The first kappa shape index (κ1) is 35.3. The van der Waals surface area contributed by atoms with Crippen molar-refractivity contribution >= 4 is 29.2 Å². The SMILES string of the molecule is COc1ccc([C@H]2CC[C@H](CN(c3cc(-c4cnc(C(C)C)s4)ccn3)C(=O)[C@H]3CC[C@H](OC(=O)N4CCN(C)CC4)CC3)CC2)cc1C. The van der Waals surface area contributed by atoms with Gasteiger partial charge in [-0.2, -0.15) is 0 Å². The molecule has 3 aromatic rings. The van der Waals surface area contributed by atoms with Crippen molar-refractivity contribution in [2.24, 2.45) is 11.8 Å². The van der Waals surface area contributed by atoms with Crippen molar-refractivity contribution in [3.63, 3.8) is 0 Å². The molecule has 0 bridgehead atoms. The molecule has 2 aromatic heterocycles. The minimum atomic E-state index is -0.213. The normalized spacial score (nSPS) is 23.3. The maximum atomic E-state index is 14.4. The van der Waals surface area contributed by atoms with Crippen LogP contribution in [0.15, 0.2) is 42.7 Å². The molecule has 6 rings (SSSR count). The predicted octanol–water partition coefficient (Wildman–Crippen LogP) is 7.90. The Morgan fingerprint density at radius 1 is 0.959 bits per heavy atom. The average molecular weight is 688 g/mol. The quantitative estimate of drug-likeness (QED) is 0.226. The Hall–Kier alpha value is -3.50. The number of hydrogen-bond acceptors (Lipinski definition) is 8. The summed E-state index contributed by atoms with van der Waals surface area (Å²) in [5, 5.41) is 1.11. The van der Waals surface area contributed by atoms with Gasteiger partial charge in [0.1, 0.15) is 17.7 Å². The van der Waals surface area contributed by atoms with Gasteiger partial charge < -0.3 is 19.3 Å². The van der Waals surface area contributed by atoms with Gasteiger partial charge in [0.25, 0.3) is 0 Å². The molecule has 2 amide bonds. The Balaban J connectivity index is 1.14. The van der Waals surface area contributed by atoms with E-state index in [2.05, 4.69) is 62.0 Å². The lowest BCUT2D eigenvalue weighted by Crippen LogP contribution is -2.48. The average Bonchev–Trinajstić information content (AvgIpc) is 3.63. The number of nitrogens with zero attached hydrogens (tertiary/aromatic N) is 5. The zero-order valence-electron chi connectivity index (χ0n) is 29.9. The summed E-state index contributed by atoms with van der Waals surface area (Å²) >= 11 is 1.71. The van der Waals surface area contributed by atoms with E-state index in [4.69, 9.17) is 14.5 Å². The number of carbonyl (C=O) groups is 2. The predicted molar refractivity (Wildman–Crippen MR) is 196 cm³/mol. The molecule has 9 nitrogen and oxygen atoms in total. The van der Waals surface area contributed by atoms with E-state index in [1.54, 1.807) is 18.4 Å². The second-order valence-corrected chi connectivity index (χ2v) is 15.7. The van der Waals surface area contributed by atoms with Gasteiger partial charge in [-0.1, -0.05) is 26.0 Å². The highest BCUT2D eigenvalue weighted by atomic mass is 32.1. The second kappa shape index (κ2) is 16.0. The third-order valence-corrected chi connectivity index (χ3v) is 12.2. The molecular weight excluding hydrogens is 635 g/mol. The molecule has 2 aliphatic carbocycles. The van der Waals surface area contributed by atoms with E-state index in [-0.39, 0.29) is 24.0 Å². The summed E-state index contributed by atoms with van der Waals surface area (Å²) in [6.45, 7) is 10.2. The van der Waals surface area contributed by atoms with Crippen LogP contribution in [-0.4, -0.2) is 84.8 Å². The number of benzene rings is 1. The molecular formula is C39H53N5O4S. The van der Waals surface area contributed by atoms with Crippen molar-refractivity contribution in [1.82, 2.24) is 19.8 Å². The lowest BCUT2D eigenvalue weighted by Gasteiger charge is -2.36. The zero-order chi connectivity index (χ0) is 34.5. The van der Waals surface area contributed by atoms with E-state index >= 15 is 0 Å². The number of anilines is 1. The van der Waals surface area contributed by atoms with Crippen molar-refractivity contribution < 1.29 is 19.1 Å². The molecule has 0 radical (unpaired) electrons. The van der Waals surface area contributed by atoms with Gasteiger partial charge in [0.2, 0.25) is 5.91 Å². The Morgan fingerprint density at radius 3 is 2.35 bits per heavy atom. The molecule has 3 aliphatic rings. The molecule has 2 saturated carbocycles. The van der Waals surface area contributed by atoms with Crippen LogP contribution in [0, 0.1) is 18.8 Å². The molecule has 1 aliphatic heterocycles. The smallest absolute Gasteiger partial charge is 0.410 e. The number of rotatable bonds is 9. The fourth-order valence-electron chi connectivity index (χ4n) is 7.65. The molecule has 0 atom stereocenters. The summed E-state index contributed by atoms with van der Waals surface area (Å²) in [7, 11) is 3.80. The number of thiazole rings is 1. The number of piperazine rings is 1. The largest absolute Gasteiger partial charge is 0.496 e. The van der Waals surface area contributed by atoms with Crippen molar-refractivity contribution in [2.75, 3.05) is 51.8 Å². The van der Waals surface area contributed by atoms with Crippen LogP contribution in [0.25, 0.3) is 10.4 Å². The topological polar surface area (TPSA) is 88.1 Å². The summed E-state index contributed by atoms with van der Waals surface area (Å²) in [5.41, 5.74) is 3.61. The molecule has 3 heterocycles. The number of amides is 2. The fraction of sp³-hybridized carbons (Fsp3) is 0.590. The lowest BCUT2D eigenvalue weighted by atomic mass is 9.78. The standard InChI is InChI=1S/C39H53N5O4S/c1-26(2)37-41-24-35(49-37)32-16-17-40-36(23-32)44(25-28-6-8-29(9-7-28)31-12-15-34(47-5)27(3)22-31)38(45)30-10-13-33(14-11-30)48-39(46)43-20-18-42(4)19-21-43/h12,15-17,22-24,26,28-30,33H,6-11,13-14,18-21,25H2,1-5H3/t28-,29-,30-,33-. The molecule has 0 unspecified atom stereocenters. The van der Waals surface area contributed by atoms with Crippen molar-refractivity contribution in [3.05, 3.63) is 58.9 Å². The Bertz CT molecular complexity index is 1570. The molecule has 10 heteroatoms. The maximum absolute atomic E-state index is 14.4. The van der Waals surface area contributed by atoms with Crippen LogP contribution in [0.2, 0.25) is 0 Å². The Morgan fingerprint density at radius 2 is 1.69 bits per heavy atom. The van der Waals surface area contributed by atoms with Crippen LogP contribution < -0.4 is 9.64 Å². The molecule has 3 fully saturated rings. The van der Waals surface area contributed by atoms with E-state index in [0.717, 1.165) is 65.8 Å². The summed E-state index contributed by atoms with van der Waals surface area (Å²) in [6.07, 6.45) is 10.6. The van der Waals surface area contributed by atoms with E-state index in [1.165, 1.54) is 11.1 Å². The Labute approximate surface area is 296 Å². The van der Waals surface area contributed by atoms with Crippen molar-refractivity contribution in [1.29, 1.82) is 0 Å². The van der Waals surface area contributed by atoms with Crippen LogP contribution in [0.4, 0.5) is 10.6 Å². The molecule has 0 spiro atoms. The van der Waals surface area contributed by atoms with Crippen molar-refractivity contribution in [3.8, 4) is 16.2 Å². The molecule has 264 valence electrons. The van der Waals surface area contributed by atoms with Crippen LogP contribution in [0.3, 0.4) is 0 Å². The van der Waals surface area contributed by atoms with Crippen LogP contribution >= 0.6 is 11.3 Å². The van der Waals surface area contributed by atoms with Gasteiger partial charge in [0.05, 0.1) is 17.0 Å². The highest BCUT2D eigenvalue weighted by Crippen LogP contribution is 2.39. The highest BCUT2D eigenvalue weighted by Gasteiger charge is 2.35. The summed E-state index contributed by atoms with van der Waals surface area (Å²) in [4.78, 5) is 43.8. The third kappa shape index (κ3) is 8.63. The zero-order valence-corrected chi connectivity index (χ0v) is 30.7. The van der Waals surface area contributed by atoms with Crippen molar-refractivity contribution in [2.45, 2.75) is 90.1 Å². The number of hydrogen-bond donors (Lipinski definition) is 0. The number of pyridine rings is 1. The Kier molecular flexibility index (Phi) is 11.6. The van der Waals surface area contributed by atoms with E-state index in [1.807, 2.05) is 28.3 Å². The van der Waals surface area contributed by atoms with Gasteiger partial charge >= 0.3 is 6.09 Å². The number of aromatic nitrogens is 2. The van der Waals surface area contributed by atoms with Crippen LogP contribution in [-0.2, 0) is 9.53 Å². The van der Waals surface area contributed by atoms with Gasteiger partial charge in [-0.05, 0) is 112 Å². The first-order valence-corrected chi connectivity index (χ1v) is 19.0. The first-order valence-electron chi connectivity index (χ1n) is 18.2. The van der Waals surface area contributed by atoms with E-state index in [0.29, 0.717) is 63.1 Å². The highest BCUT2D eigenvalue weighted by molar-refractivity contribution is 7.15. The van der Waals surface area contributed by atoms with Gasteiger partial charge in [0.15, 0.2) is 0 Å². The summed E-state index contributed by atoms with van der Waals surface area (Å²) in [5.74, 6) is 2.98. The number of ether oxygens (including phenoxy) is 2. The maximum Gasteiger partial charge on any atom is 0.410 e. The van der Waals surface area contributed by atoms with Gasteiger partial charge in [-0.3, -0.25) is 9.69 Å². The van der Waals surface area contributed by atoms with Gasteiger partial charge in [-0.25, -0.2) is 14.8 Å². The minimum absolute atomic E-state index is 0.112. The first-order chi connectivity index (χ1) is 23.7. The second-order valence-electron chi connectivity index (χ2n) is 14.7. The molecule has 49 heavy (non-hydrogen) atoms. The number of aryl methyl sites for hydroxylation is 1. The summed E-state index contributed by atoms with van der Waals surface area (Å²) in [6, 6.07) is 10.7. The summed E-state index contributed by atoms with van der Waals surface area (Å²) < 4.78 is 11.4. The van der Waals surface area contributed by atoms with Crippen LogP contribution in [0.1, 0.15) is 93.2 Å². The van der Waals surface area contributed by atoms with E-state index < -0.39 is 0 Å². The van der Waals surface area contributed by atoms with Gasteiger partial charge in [0, 0.05) is 57.0 Å². The van der Waals surface area contributed by atoms with Gasteiger partial charge in [-0.15, -0.1) is 11.3 Å². The lowest BCUT2D eigenvalue weighted by molar-refractivity contribution is -0.124. The van der Waals surface area contributed by atoms with E-state index in [9.17, 15) is 9.59 Å². The third-order valence-electron chi connectivity index (χ3n) is 10.8. The minimum Gasteiger partial charge on any atom is -0.496 e. The number of carbonyl (C=O) groups excluding carboxylic acids is 2. The number of likely N-dealkylation sites (N-methyl/N-ethyl adjacent to an activating group) is 1. The molecule has 1 saturated heterocycles. The monoisotopic (exact) mass is 687 g/mol. The number of methoxy groups -OCH3 is 1. The van der Waals surface area contributed by atoms with Crippen LogP contribution in [0.5, 0.6) is 5.75 Å². The fourth-order valence-corrected chi connectivity index (χ4v) is 8.57. The molecule has 0 N–H and O–H groups in total.